The molecule has 4 rings (SSSR count). The molecule has 6 heteroatoms. The third-order valence-corrected chi connectivity index (χ3v) is 4.81. The standard InChI is InChI=1S/C19H13FN2O2S/c1-24-15-6-4-11-8-13(3-2-12(11)9-15)18(23)22-19-21-16-7-5-14(20)10-17(16)25-19/h2-10H,1H3,(H,21,22,23). The Bertz CT molecular complexity index is 1110. The van der Waals surface area contributed by atoms with Crippen LogP contribution in [0.4, 0.5) is 9.52 Å². The van der Waals surface area contributed by atoms with Gasteiger partial charge in [-0.25, -0.2) is 9.37 Å². The quantitative estimate of drug-likeness (QED) is 0.573. The van der Waals surface area contributed by atoms with Crippen LogP contribution in [0.15, 0.2) is 54.6 Å². The highest BCUT2D eigenvalue weighted by Crippen LogP contribution is 2.27. The van der Waals surface area contributed by atoms with E-state index in [1.165, 1.54) is 23.5 Å². The predicted molar refractivity (Wildman–Crippen MR) is 98.0 cm³/mol. The van der Waals surface area contributed by atoms with Crippen molar-refractivity contribution in [1.29, 1.82) is 0 Å². The van der Waals surface area contributed by atoms with Crippen molar-refractivity contribution in [3.05, 3.63) is 66.0 Å². The van der Waals surface area contributed by atoms with E-state index in [-0.39, 0.29) is 11.7 Å². The van der Waals surface area contributed by atoms with Crippen LogP contribution >= 0.6 is 11.3 Å². The Morgan fingerprint density at radius 1 is 1.08 bits per heavy atom. The van der Waals surface area contributed by atoms with Gasteiger partial charge in [-0.3, -0.25) is 10.1 Å². The van der Waals surface area contributed by atoms with Crippen LogP contribution in [-0.2, 0) is 0 Å². The van der Waals surface area contributed by atoms with Gasteiger partial charge in [0.05, 0.1) is 17.3 Å². The van der Waals surface area contributed by atoms with Crippen LogP contribution < -0.4 is 10.1 Å². The Balaban J connectivity index is 1.62. The molecule has 124 valence electrons. The van der Waals surface area contributed by atoms with Crippen LogP contribution in [0.1, 0.15) is 10.4 Å². The molecule has 4 nitrogen and oxygen atoms in total. The van der Waals surface area contributed by atoms with E-state index in [1.54, 1.807) is 19.2 Å². The van der Waals surface area contributed by atoms with Crippen molar-refractivity contribution < 1.29 is 13.9 Å². The number of ether oxygens (including phenoxy) is 1. The van der Waals surface area contributed by atoms with Crippen LogP contribution in [-0.4, -0.2) is 18.0 Å². The van der Waals surface area contributed by atoms with Crippen LogP contribution in [0.2, 0.25) is 0 Å². The zero-order valence-electron chi connectivity index (χ0n) is 13.2. The van der Waals surface area contributed by atoms with E-state index in [0.717, 1.165) is 16.5 Å². The van der Waals surface area contributed by atoms with Crippen molar-refractivity contribution >= 4 is 43.4 Å². The molecule has 3 aromatic carbocycles. The predicted octanol–water partition coefficient (Wildman–Crippen LogP) is 4.85. The lowest BCUT2D eigenvalue weighted by Gasteiger charge is -2.05. The van der Waals surface area contributed by atoms with E-state index in [2.05, 4.69) is 10.3 Å². The topological polar surface area (TPSA) is 51.2 Å². The van der Waals surface area contributed by atoms with Crippen LogP contribution in [0.5, 0.6) is 5.75 Å². The van der Waals surface area contributed by atoms with Crippen molar-refractivity contribution in [3.8, 4) is 5.75 Å². The van der Waals surface area contributed by atoms with E-state index in [9.17, 15) is 9.18 Å². The lowest BCUT2D eigenvalue weighted by molar-refractivity contribution is 0.102. The summed E-state index contributed by atoms with van der Waals surface area (Å²) in [4.78, 5) is 16.8. The highest BCUT2D eigenvalue weighted by atomic mass is 32.1. The van der Waals surface area contributed by atoms with Gasteiger partial charge in [0.15, 0.2) is 5.13 Å². The smallest absolute Gasteiger partial charge is 0.257 e. The lowest BCUT2D eigenvalue weighted by atomic mass is 10.1. The summed E-state index contributed by atoms with van der Waals surface area (Å²) < 4.78 is 19.2. The normalized spacial score (nSPS) is 11.0. The van der Waals surface area contributed by atoms with E-state index < -0.39 is 0 Å². The molecule has 0 unspecified atom stereocenters. The number of benzene rings is 3. The number of hydrogen-bond donors (Lipinski definition) is 1. The molecule has 0 spiro atoms. The molecular formula is C19H13FN2O2S. The minimum absolute atomic E-state index is 0.253. The SMILES string of the molecule is COc1ccc2cc(C(=O)Nc3nc4ccc(F)cc4s3)ccc2c1. The average molecular weight is 352 g/mol. The average Bonchev–Trinajstić information content (AvgIpc) is 3.01. The Morgan fingerprint density at radius 3 is 2.72 bits per heavy atom. The first-order chi connectivity index (χ1) is 12.1. The van der Waals surface area contributed by atoms with Crippen LogP contribution in [0.3, 0.4) is 0 Å². The van der Waals surface area contributed by atoms with Crippen molar-refractivity contribution in [2.24, 2.45) is 0 Å². The molecule has 0 saturated carbocycles. The van der Waals surface area contributed by atoms with E-state index in [1.807, 2.05) is 30.3 Å². The minimum atomic E-state index is -0.320. The van der Waals surface area contributed by atoms with E-state index in [0.29, 0.717) is 20.9 Å². The zero-order chi connectivity index (χ0) is 17.4. The highest BCUT2D eigenvalue weighted by Gasteiger charge is 2.11. The highest BCUT2D eigenvalue weighted by molar-refractivity contribution is 7.22. The Labute approximate surface area is 146 Å². The Kier molecular flexibility index (Phi) is 3.82. The number of aromatic nitrogens is 1. The van der Waals surface area contributed by atoms with Gasteiger partial charge < -0.3 is 4.74 Å². The number of amides is 1. The van der Waals surface area contributed by atoms with Gasteiger partial charge in [-0.2, -0.15) is 0 Å². The molecule has 0 atom stereocenters. The molecule has 4 aromatic rings. The molecule has 0 aliphatic carbocycles. The number of rotatable bonds is 3. The summed E-state index contributed by atoms with van der Waals surface area (Å²) >= 11 is 1.24. The fourth-order valence-corrected chi connectivity index (χ4v) is 3.50. The maximum absolute atomic E-state index is 13.3. The monoisotopic (exact) mass is 352 g/mol. The van der Waals surface area contributed by atoms with Gasteiger partial charge in [0.25, 0.3) is 5.91 Å². The summed E-state index contributed by atoms with van der Waals surface area (Å²) in [6.45, 7) is 0. The second kappa shape index (κ2) is 6.14. The number of carbonyl (C=O) groups excluding carboxylic acids is 1. The molecule has 1 aromatic heterocycles. The Hall–Kier alpha value is -2.99. The maximum atomic E-state index is 13.3. The first kappa shape index (κ1) is 15.5. The molecule has 1 amide bonds. The van der Waals surface area contributed by atoms with Gasteiger partial charge >= 0.3 is 0 Å². The maximum Gasteiger partial charge on any atom is 0.257 e. The molecule has 0 bridgehead atoms. The largest absolute Gasteiger partial charge is 0.497 e. The molecule has 1 heterocycles. The van der Waals surface area contributed by atoms with Gasteiger partial charge in [0.2, 0.25) is 0 Å². The third kappa shape index (κ3) is 3.04. The number of hydrogen-bond acceptors (Lipinski definition) is 4. The molecule has 25 heavy (non-hydrogen) atoms. The lowest BCUT2D eigenvalue weighted by Crippen LogP contribution is -2.11. The zero-order valence-corrected chi connectivity index (χ0v) is 14.1. The first-order valence-electron chi connectivity index (χ1n) is 7.58. The number of nitrogens with zero attached hydrogens (tertiary/aromatic N) is 1. The second-order valence-electron chi connectivity index (χ2n) is 5.51. The fourth-order valence-electron chi connectivity index (χ4n) is 2.61. The molecule has 1 N–H and O–H groups in total. The molecule has 0 radical (unpaired) electrons. The van der Waals surface area contributed by atoms with Gasteiger partial charge in [-0.15, -0.1) is 0 Å². The van der Waals surface area contributed by atoms with E-state index >= 15 is 0 Å². The van der Waals surface area contributed by atoms with Crippen molar-refractivity contribution in [1.82, 2.24) is 4.98 Å². The summed E-state index contributed by atoms with van der Waals surface area (Å²) in [5.41, 5.74) is 1.19. The summed E-state index contributed by atoms with van der Waals surface area (Å²) in [6, 6.07) is 15.5. The van der Waals surface area contributed by atoms with Crippen molar-refractivity contribution in [2.45, 2.75) is 0 Å². The summed E-state index contributed by atoms with van der Waals surface area (Å²) in [6.07, 6.45) is 0. The second-order valence-corrected chi connectivity index (χ2v) is 6.54. The number of halogens is 1. The first-order valence-corrected chi connectivity index (χ1v) is 8.39. The van der Waals surface area contributed by atoms with Gasteiger partial charge in [0.1, 0.15) is 11.6 Å². The summed E-state index contributed by atoms with van der Waals surface area (Å²) in [5, 5.41) is 5.16. The van der Waals surface area contributed by atoms with Gasteiger partial charge in [-0.1, -0.05) is 23.5 Å². The summed E-state index contributed by atoms with van der Waals surface area (Å²) in [7, 11) is 1.62. The molecule has 0 aliphatic heterocycles. The molecular weight excluding hydrogens is 339 g/mol. The number of thiazole rings is 1. The minimum Gasteiger partial charge on any atom is -0.497 e. The van der Waals surface area contributed by atoms with Crippen molar-refractivity contribution in [2.75, 3.05) is 12.4 Å². The molecule has 0 aliphatic rings. The van der Waals surface area contributed by atoms with Crippen molar-refractivity contribution in [3.63, 3.8) is 0 Å². The number of methoxy groups -OCH3 is 1. The Morgan fingerprint density at radius 2 is 1.88 bits per heavy atom. The number of nitrogens with one attached hydrogen (secondary N) is 1. The molecule has 0 saturated heterocycles. The van der Waals surface area contributed by atoms with Gasteiger partial charge in [-0.05, 0) is 53.2 Å². The number of carbonyl (C=O) groups is 1. The van der Waals surface area contributed by atoms with Crippen LogP contribution in [0.25, 0.3) is 21.0 Å². The van der Waals surface area contributed by atoms with Gasteiger partial charge in [0, 0.05) is 5.56 Å². The summed E-state index contributed by atoms with van der Waals surface area (Å²) in [5.74, 6) is 0.197. The van der Waals surface area contributed by atoms with E-state index in [4.69, 9.17) is 4.74 Å². The number of anilines is 1. The molecule has 0 fully saturated rings. The third-order valence-electron chi connectivity index (χ3n) is 3.88. The number of fused-ring (bicyclic) bond motifs is 2. The fraction of sp³-hybridized carbons (Fsp3) is 0.0526. The van der Waals surface area contributed by atoms with Crippen LogP contribution in [0, 0.1) is 5.82 Å².